The molecule has 2 aliphatic heterocycles. The Kier molecular flexibility index (Phi) is 6.05. The molecule has 1 amide bonds. The lowest BCUT2D eigenvalue weighted by Gasteiger charge is -2.32. The summed E-state index contributed by atoms with van der Waals surface area (Å²) in [5, 5.41) is 12.5. The molecule has 31 heavy (non-hydrogen) atoms. The summed E-state index contributed by atoms with van der Waals surface area (Å²) in [6.45, 7) is 2.53. The lowest BCUT2D eigenvalue weighted by atomic mass is 9.96. The van der Waals surface area contributed by atoms with Crippen LogP contribution < -0.4 is 0 Å². The zero-order valence-electron chi connectivity index (χ0n) is 17.5. The number of benzene rings is 1. The normalized spacial score (nSPS) is 19.1. The molecule has 4 heterocycles. The van der Waals surface area contributed by atoms with Crippen LogP contribution in [0.1, 0.15) is 55.4 Å². The third kappa shape index (κ3) is 4.39. The molecule has 0 radical (unpaired) electrons. The predicted octanol–water partition coefficient (Wildman–Crippen LogP) is 4.73. The number of nitrogens with zero attached hydrogens (tertiary/aromatic N) is 5. The van der Waals surface area contributed by atoms with Crippen LogP contribution in [0.5, 0.6) is 0 Å². The van der Waals surface area contributed by atoms with E-state index in [0.29, 0.717) is 11.4 Å². The summed E-state index contributed by atoms with van der Waals surface area (Å²) in [7, 11) is 0. The van der Waals surface area contributed by atoms with Crippen molar-refractivity contribution in [3.63, 3.8) is 0 Å². The molecular formula is C23H26ClN5OS. The lowest BCUT2D eigenvalue weighted by molar-refractivity contribution is -0.131. The molecule has 0 aliphatic carbocycles. The van der Waals surface area contributed by atoms with E-state index < -0.39 is 0 Å². The van der Waals surface area contributed by atoms with Gasteiger partial charge in [-0.1, -0.05) is 36.2 Å². The summed E-state index contributed by atoms with van der Waals surface area (Å²) in [6, 6.07) is 7.68. The van der Waals surface area contributed by atoms with Gasteiger partial charge in [0.15, 0.2) is 0 Å². The fraction of sp³-hybridized carbons (Fsp3) is 0.478. The number of carbonyl (C=O) groups excluding carboxylic acids is 1. The van der Waals surface area contributed by atoms with Crippen LogP contribution in [-0.2, 0) is 24.2 Å². The third-order valence-corrected chi connectivity index (χ3v) is 7.52. The van der Waals surface area contributed by atoms with E-state index in [1.165, 1.54) is 30.6 Å². The van der Waals surface area contributed by atoms with Gasteiger partial charge in [0.2, 0.25) is 5.91 Å². The molecule has 0 spiro atoms. The number of amides is 1. The quantitative estimate of drug-likeness (QED) is 0.570. The first-order valence-electron chi connectivity index (χ1n) is 11.1. The molecule has 2 aliphatic rings. The summed E-state index contributed by atoms with van der Waals surface area (Å²) < 4.78 is 2.32. The lowest BCUT2D eigenvalue weighted by Crippen LogP contribution is -2.40. The molecule has 5 rings (SSSR count). The Bertz CT molecular complexity index is 1080. The Morgan fingerprint density at radius 3 is 2.94 bits per heavy atom. The highest BCUT2D eigenvalue weighted by molar-refractivity contribution is 7.13. The second kappa shape index (κ2) is 9.09. The van der Waals surface area contributed by atoms with Crippen molar-refractivity contribution in [1.29, 1.82) is 0 Å². The van der Waals surface area contributed by atoms with Gasteiger partial charge in [0, 0.05) is 42.9 Å². The number of likely N-dealkylation sites (tertiary alicyclic amines) is 1. The molecule has 0 unspecified atom stereocenters. The number of carbonyl (C=O) groups is 1. The van der Waals surface area contributed by atoms with Gasteiger partial charge in [-0.25, -0.2) is 4.98 Å². The van der Waals surface area contributed by atoms with E-state index in [1.807, 2.05) is 34.5 Å². The number of aromatic nitrogens is 4. The van der Waals surface area contributed by atoms with Crippen molar-refractivity contribution >= 4 is 28.8 Å². The van der Waals surface area contributed by atoms with E-state index in [0.717, 1.165) is 66.8 Å². The second-order valence-electron chi connectivity index (χ2n) is 8.42. The highest BCUT2D eigenvalue weighted by Crippen LogP contribution is 2.31. The van der Waals surface area contributed by atoms with Gasteiger partial charge >= 0.3 is 0 Å². The zero-order chi connectivity index (χ0) is 21.2. The van der Waals surface area contributed by atoms with E-state index in [4.69, 9.17) is 11.6 Å². The largest absolute Gasteiger partial charge is 0.342 e. The van der Waals surface area contributed by atoms with E-state index in [9.17, 15) is 4.79 Å². The van der Waals surface area contributed by atoms with Gasteiger partial charge in [0.25, 0.3) is 0 Å². The van der Waals surface area contributed by atoms with Crippen molar-refractivity contribution in [2.75, 3.05) is 13.1 Å². The van der Waals surface area contributed by atoms with Crippen LogP contribution in [0.4, 0.5) is 0 Å². The molecule has 0 saturated carbocycles. The first-order valence-corrected chi connectivity index (χ1v) is 12.3. The minimum atomic E-state index is 0.135. The Hall–Kier alpha value is -2.25. The summed E-state index contributed by atoms with van der Waals surface area (Å²) in [6.07, 6.45) is 7.03. The zero-order valence-corrected chi connectivity index (χ0v) is 19.0. The molecule has 1 atom stereocenters. The average molecular weight is 456 g/mol. The molecule has 0 bridgehead atoms. The van der Waals surface area contributed by atoms with Crippen LogP contribution in [0, 0.1) is 0 Å². The molecule has 8 heteroatoms. The topological polar surface area (TPSA) is 63.9 Å². The van der Waals surface area contributed by atoms with Crippen molar-refractivity contribution in [3.05, 3.63) is 52.0 Å². The number of hydrogen-bond acceptors (Lipinski definition) is 5. The van der Waals surface area contributed by atoms with Crippen LogP contribution in [0.3, 0.4) is 0 Å². The summed E-state index contributed by atoms with van der Waals surface area (Å²) in [5.41, 5.74) is 1.72. The van der Waals surface area contributed by atoms with E-state index in [1.54, 1.807) is 0 Å². The standard InChI is InChI=1S/C23H26ClN5OS/c24-19-9-4-3-8-18(19)23-25-17(15-31-23)13-21(30)28-11-6-7-16(14-28)22-27-26-20-10-2-1-5-12-29(20)22/h3-4,8-9,15-16H,1-2,5-7,10-14H2/t16-/m1/s1. The summed E-state index contributed by atoms with van der Waals surface area (Å²) >= 11 is 7.83. The number of thiazole rings is 1. The van der Waals surface area contributed by atoms with Gasteiger partial charge in [-0.2, -0.15) is 0 Å². The average Bonchev–Trinajstić information content (AvgIpc) is 3.35. The first-order chi connectivity index (χ1) is 15.2. The Morgan fingerprint density at radius 1 is 1.13 bits per heavy atom. The van der Waals surface area contributed by atoms with Gasteiger partial charge in [0.1, 0.15) is 16.7 Å². The van der Waals surface area contributed by atoms with E-state index in [-0.39, 0.29) is 11.8 Å². The Labute approximate surface area is 191 Å². The van der Waals surface area contributed by atoms with Gasteiger partial charge in [-0.3, -0.25) is 4.79 Å². The Balaban J connectivity index is 1.27. The number of hydrogen-bond donors (Lipinski definition) is 0. The second-order valence-corrected chi connectivity index (χ2v) is 9.68. The first kappa shape index (κ1) is 20.6. The van der Waals surface area contributed by atoms with Crippen molar-refractivity contribution < 1.29 is 4.79 Å². The fourth-order valence-corrected chi connectivity index (χ4v) is 5.78. The van der Waals surface area contributed by atoms with E-state index >= 15 is 0 Å². The minimum absolute atomic E-state index is 0.135. The molecule has 2 aromatic heterocycles. The molecule has 3 aromatic rings. The number of halogens is 1. The van der Waals surface area contributed by atoms with E-state index in [2.05, 4.69) is 19.7 Å². The molecular weight excluding hydrogens is 430 g/mol. The third-order valence-electron chi connectivity index (χ3n) is 6.27. The van der Waals surface area contributed by atoms with Gasteiger partial charge in [-0.15, -0.1) is 21.5 Å². The molecule has 1 saturated heterocycles. The maximum absolute atomic E-state index is 13.1. The van der Waals surface area contributed by atoms with Crippen LogP contribution >= 0.6 is 22.9 Å². The van der Waals surface area contributed by atoms with Gasteiger partial charge in [0.05, 0.1) is 17.1 Å². The maximum Gasteiger partial charge on any atom is 0.228 e. The van der Waals surface area contributed by atoms with Crippen LogP contribution in [0.15, 0.2) is 29.6 Å². The number of fused-ring (bicyclic) bond motifs is 1. The SMILES string of the molecule is O=C(Cc1csc(-c2ccccc2Cl)n1)N1CCC[C@@H](c2nnc3n2CCCCC3)C1. The monoisotopic (exact) mass is 455 g/mol. The van der Waals surface area contributed by atoms with Gasteiger partial charge in [-0.05, 0) is 31.7 Å². The minimum Gasteiger partial charge on any atom is -0.342 e. The molecule has 0 N–H and O–H groups in total. The van der Waals surface area contributed by atoms with Crippen molar-refractivity contribution in [2.45, 2.75) is 57.4 Å². The molecule has 1 aromatic carbocycles. The number of aryl methyl sites for hydroxylation is 1. The number of rotatable bonds is 4. The van der Waals surface area contributed by atoms with Crippen LogP contribution in [0.2, 0.25) is 5.02 Å². The predicted molar refractivity (Wildman–Crippen MR) is 122 cm³/mol. The van der Waals surface area contributed by atoms with Crippen molar-refractivity contribution in [3.8, 4) is 10.6 Å². The smallest absolute Gasteiger partial charge is 0.228 e. The van der Waals surface area contributed by atoms with Crippen LogP contribution in [-0.4, -0.2) is 43.6 Å². The van der Waals surface area contributed by atoms with Gasteiger partial charge < -0.3 is 9.47 Å². The molecule has 162 valence electrons. The number of piperidine rings is 1. The maximum atomic E-state index is 13.1. The Morgan fingerprint density at radius 2 is 2.03 bits per heavy atom. The van der Waals surface area contributed by atoms with Crippen molar-refractivity contribution in [2.24, 2.45) is 0 Å². The molecule has 6 nitrogen and oxygen atoms in total. The summed E-state index contributed by atoms with van der Waals surface area (Å²) in [4.78, 5) is 19.7. The summed E-state index contributed by atoms with van der Waals surface area (Å²) in [5.74, 6) is 2.59. The van der Waals surface area contributed by atoms with Crippen molar-refractivity contribution in [1.82, 2.24) is 24.6 Å². The highest BCUT2D eigenvalue weighted by Gasteiger charge is 2.29. The fourth-order valence-electron chi connectivity index (χ4n) is 4.64. The molecule has 1 fully saturated rings. The van der Waals surface area contributed by atoms with Crippen LogP contribution in [0.25, 0.3) is 10.6 Å². The highest BCUT2D eigenvalue weighted by atomic mass is 35.5.